The van der Waals surface area contributed by atoms with E-state index in [1.54, 1.807) is 0 Å². The molecule has 0 aliphatic rings. The molecule has 0 saturated heterocycles. The Morgan fingerprint density at radius 1 is 0.667 bits per heavy atom. The lowest BCUT2D eigenvalue weighted by atomic mass is 9.88. The molecule has 0 saturated carbocycles. The maximum absolute atomic E-state index is 13.5. The number of rotatable bonds is 5. The van der Waals surface area contributed by atoms with Crippen LogP contribution >= 0.6 is 0 Å². The van der Waals surface area contributed by atoms with Crippen molar-refractivity contribution in [2.75, 3.05) is 6.61 Å². The SMILES string of the molecule is CCOC(=O)C(F)(C(F)(F)F)C(F)(F)C(F)(F)C(F)(F)C(F)(F)F. The third-order valence-corrected chi connectivity index (χ3v) is 2.52. The summed E-state index contributed by atoms with van der Waals surface area (Å²) in [5.41, 5.74) is -7.17. The zero-order valence-corrected chi connectivity index (χ0v) is 10.9. The van der Waals surface area contributed by atoms with Gasteiger partial charge in [-0.05, 0) is 6.92 Å². The summed E-state index contributed by atoms with van der Waals surface area (Å²) < 4.78 is 167. The van der Waals surface area contributed by atoms with Crippen LogP contribution in [0.25, 0.3) is 0 Å². The molecule has 0 radical (unpaired) electrons. The molecule has 0 bridgehead atoms. The minimum atomic E-state index is -7.99. The summed E-state index contributed by atoms with van der Waals surface area (Å²) in [6.45, 7) is -0.715. The monoisotopic (exact) mass is 392 g/mol. The predicted octanol–water partition coefficient (Wildman–Crippen LogP) is 4.29. The second-order valence-corrected chi connectivity index (χ2v) is 4.10. The lowest BCUT2D eigenvalue weighted by Gasteiger charge is -2.39. The lowest BCUT2D eigenvalue weighted by Crippen LogP contribution is -2.73. The highest BCUT2D eigenvalue weighted by atomic mass is 19.4. The molecule has 0 fully saturated rings. The Morgan fingerprint density at radius 2 is 1.04 bits per heavy atom. The number of ether oxygens (including phenoxy) is 1. The van der Waals surface area contributed by atoms with Crippen molar-refractivity contribution in [3.8, 4) is 0 Å². The largest absolute Gasteiger partial charge is 0.463 e. The first kappa shape index (κ1) is 22.6. The molecule has 0 aromatic rings. The zero-order valence-electron chi connectivity index (χ0n) is 10.9. The molecule has 0 N–H and O–H groups in total. The zero-order chi connectivity index (χ0) is 20.0. The van der Waals surface area contributed by atoms with E-state index in [-0.39, 0.29) is 0 Å². The van der Waals surface area contributed by atoms with Gasteiger partial charge in [0, 0.05) is 0 Å². The first-order valence-electron chi connectivity index (χ1n) is 5.36. The second kappa shape index (κ2) is 5.82. The van der Waals surface area contributed by atoms with E-state index in [1.165, 1.54) is 0 Å². The van der Waals surface area contributed by atoms with Gasteiger partial charge < -0.3 is 4.74 Å². The van der Waals surface area contributed by atoms with Crippen LogP contribution in [0, 0.1) is 0 Å². The summed E-state index contributed by atoms with van der Waals surface area (Å²) in [6, 6.07) is 0. The molecule has 144 valence electrons. The minimum Gasteiger partial charge on any atom is -0.463 e. The molecule has 0 spiro atoms. The number of carbonyl (C=O) groups excluding carboxylic acids is 1. The number of hydrogen-bond acceptors (Lipinski definition) is 2. The van der Waals surface area contributed by atoms with E-state index >= 15 is 0 Å². The molecule has 0 aromatic carbocycles. The van der Waals surface area contributed by atoms with Crippen molar-refractivity contribution >= 4 is 5.97 Å². The second-order valence-electron chi connectivity index (χ2n) is 4.10. The normalized spacial score (nSPS) is 17.4. The molecular formula is C9H5F13O2. The number of esters is 1. The van der Waals surface area contributed by atoms with Crippen LogP contribution in [0.15, 0.2) is 0 Å². The van der Waals surface area contributed by atoms with E-state index in [0.29, 0.717) is 6.92 Å². The lowest BCUT2D eigenvalue weighted by molar-refractivity contribution is -0.426. The summed E-state index contributed by atoms with van der Waals surface area (Å²) in [5.74, 6) is -27.5. The highest BCUT2D eigenvalue weighted by Crippen LogP contribution is 2.60. The number of carbonyl (C=O) groups is 1. The average Bonchev–Trinajstić information content (AvgIpc) is 2.34. The summed E-state index contributed by atoms with van der Waals surface area (Å²) in [7, 11) is 0. The fraction of sp³-hybridized carbons (Fsp3) is 0.889. The van der Waals surface area contributed by atoms with Crippen molar-refractivity contribution in [1.82, 2.24) is 0 Å². The van der Waals surface area contributed by atoms with Crippen molar-refractivity contribution in [3.05, 3.63) is 0 Å². The summed E-state index contributed by atoms with van der Waals surface area (Å²) in [5, 5.41) is 0. The van der Waals surface area contributed by atoms with Gasteiger partial charge in [-0.1, -0.05) is 0 Å². The number of halogens is 13. The molecule has 2 nitrogen and oxygen atoms in total. The number of hydrogen-bond donors (Lipinski definition) is 0. The van der Waals surface area contributed by atoms with Crippen LogP contribution in [0.2, 0.25) is 0 Å². The quantitative estimate of drug-likeness (QED) is 0.516. The Bertz CT molecular complexity index is 477. The molecule has 0 amide bonds. The first-order valence-corrected chi connectivity index (χ1v) is 5.36. The molecule has 0 aromatic heterocycles. The van der Waals surface area contributed by atoms with Gasteiger partial charge in [-0.25, -0.2) is 9.18 Å². The fourth-order valence-electron chi connectivity index (χ4n) is 1.24. The first-order chi connectivity index (χ1) is 10.2. The predicted molar refractivity (Wildman–Crippen MR) is 47.4 cm³/mol. The molecule has 0 heterocycles. The highest BCUT2D eigenvalue weighted by molar-refractivity contribution is 5.82. The average molecular weight is 392 g/mol. The maximum Gasteiger partial charge on any atom is 0.460 e. The van der Waals surface area contributed by atoms with Crippen molar-refractivity contribution in [1.29, 1.82) is 0 Å². The van der Waals surface area contributed by atoms with Crippen LogP contribution in [-0.4, -0.2) is 48.4 Å². The standard InChI is InChI=1S/C9H5F13O2/c1-2-24-3(23)4(10,8(17,18)19)5(11,12)6(13,14)7(15,16)9(20,21)22/h2H2,1H3. The van der Waals surface area contributed by atoms with E-state index in [0.717, 1.165) is 0 Å². The summed E-state index contributed by atoms with van der Waals surface area (Å²) >= 11 is 0. The van der Waals surface area contributed by atoms with Gasteiger partial charge in [-0.3, -0.25) is 0 Å². The van der Waals surface area contributed by atoms with Crippen LogP contribution in [0.4, 0.5) is 57.1 Å². The van der Waals surface area contributed by atoms with Crippen molar-refractivity contribution in [2.45, 2.75) is 42.7 Å². The van der Waals surface area contributed by atoms with Gasteiger partial charge in [0.15, 0.2) is 0 Å². The minimum absolute atomic E-state index is 0.593. The Morgan fingerprint density at radius 3 is 1.29 bits per heavy atom. The van der Waals surface area contributed by atoms with Crippen LogP contribution in [0.5, 0.6) is 0 Å². The van der Waals surface area contributed by atoms with Gasteiger partial charge in [0.25, 0.3) is 0 Å². The van der Waals surface area contributed by atoms with Crippen LogP contribution in [0.1, 0.15) is 6.92 Å². The van der Waals surface area contributed by atoms with Gasteiger partial charge in [0.1, 0.15) is 0 Å². The summed E-state index contributed by atoms with van der Waals surface area (Å²) in [6.07, 6.45) is -14.8. The molecule has 0 aliphatic heterocycles. The van der Waals surface area contributed by atoms with Crippen molar-refractivity contribution in [2.24, 2.45) is 0 Å². The van der Waals surface area contributed by atoms with Gasteiger partial charge in [-0.2, -0.15) is 52.7 Å². The molecule has 15 heteroatoms. The Labute approximate surface area is 123 Å². The van der Waals surface area contributed by atoms with Gasteiger partial charge in [-0.15, -0.1) is 0 Å². The van der Waals surface area contributed by atoms with E-state index in [9.17, 15) is 61.9 Å². The van der Waals surface area contributed by atoms with E-state index in [1.807, 2.05) is 0 Å². The molecule has 1 atom stereocenters. The molecule has 0 aliphatic carbocycles. The van der Waals surface area contributed by atoms with Crippen LogP contribution in [0.3, 0.4) is 0 Å². The fourth-order valence-corrected chi connectivity index (χ4v) is 1.24. The molecular weight excluding hydrogens is 387 g/mol. The van der Waals surface area contributed by atoms with Crippen molar-refractivity contribution < 1.29 is 66.6 Å². The molecule has 1 unspecified atom stereocenters. The Balaban J connectivity index is 6.56. The number of alkyl halides is 13. The summed E-state index contributed by atoms with van der Waals surface area (Å²) in [4.78, 5) is 10.7. The molecule has 24 heavy (non-hydrogen) atoms. The smallest absolute Gasteiger partial charge is 0.460 e. The molecule has 0 rings (SSSR count). The maximum atomic E-state index is 13.5. The van der Waals surface area contributed by atoms with E-state index in [2.05, 4.69) is 4.74 Å². The van der Waals surface area contributed by atoms with Crippen LogP contribution in [-0.2, 0) is 9.53 Å². The van der Waals surface area contributed by atoms with Gasteiger partial charge in [0.2, 0.25) is 0 Å². The third-order valence-electron chi connectivity index (χ3n) is 2.52. The van der Waals surface area contributed by atoms with Crippen LogP contribution < -0.4 is 0 Å². The highest BCUT2D eigenvalue weighted by Gasteiger charge is 2.92. The Kier molecular flexibility index (Phi) is 5.47. The van der Waals surface area contributed by atoms with Crippen molar-refractivity contribution in [3.63, 3.8) is 0 Å². The Hall–Kier alpha value is -1.44. The van der Waals surface area contributed by atoms with Gasteiger partial charge in [0.05, 0.1) is 6.61 Å². The van der Waals surface area contributed by atoms with Gasteiger partial charge >= 0.3 is 41.8 Å². The van der Waals surface area contributed by atoms with E-state index in [4.69, 9.17) is 0 Å². The van der Waals surface area contributed by atoms with E-state index < -0.39 is 48.4 Å². The third kappa shape index (κ3) is 2.85. The topological polar surface area (TPSA) is 26.3 Å².